The Labute approximate surface area is 185 Å². The average molecular weight is 430 g/mol. The van der Waals surface area contributed by atoms with Gasteiger partial charge in [-0.3, -0.25) is 4.79 Å². The lowest BCUT2D eigenvalue weighted by Crippen LogP contribution is -2.15. The van der Waals surface area contributed by atoms with Crippen molar-refractivity contribution < 1.29 is 13.6 Å². The van der Waals surface area contributed by atoms with Gasteiger partial charge in [0.25, 0.3) is 0 Å². The number of nitrogens with two attached hydrogens (primary N) is 1. The third-order valence-corrected chi connectivity index (χ3v) is 5.15. The van der Waals surface area contributed by atoms with Gasteiger partial charge in [0.1, 0.15) is 17.3 Å². The Morgan fingerprint density at radius 3 is 2.47 bits per heavy atom. The summed E-state index contributed by atoms with van der Waals surface area (Å²) in [6, 6.07) is 19.3. The quantitative estimate of drug-likeness (QED) is 0.421. The first kappa shape index (κ1) is 21.2. The van der Waals surface area contributed by atoms with Crippen molar-refractivity contribution >= 4 is 17.4 Å². The van der Waals surface area contributed by atoms with Gasteiger partial charge in [-0.15, -0.1) is 5.10 Å². The van der Waals surface area contributed by atoms with Gasteiger partial charge in [0, 0.05) is 17.7 Å². The Kier molecular flexibility index (Phi) is 6.26. The van der Waals surface area contributed by atoms with E-state index in [9.17, 15) is 9.18 Å². The standard InChI is InChI=1S/C25H23FN4O2/c1-16-5-13-20(32-16)15-22-21(25(27)31)3-2-4-23(22)28-24-14-12-19(29-30-24)11-8-17-6-9-18(26)10-7-17/h2-7,9-10,12-14H,8,11,15H2,1H3,(H2,27,31)(H,28,30). The van der Waals surface area contributed by atoms with Gasteiger partial charge in [-0.2, -0.15) is 5.10 Å². The number of hydrogen-bond donors (Lipinski definition) is 2. The van der Waals surface area contributed by atoms with Crippen LogP contribution >= 0.6 is 0 Å². The van der Waals surface area contributed by atoms with Crippen LogP contribution in [0, 0.1) is 12.7 Å². The normalized spacial score (nSPS) is 10.8. The maximum absolute atomic E-state index is 13.0. The van der Waals surface area contributed by atoms with E-state index in [4.69, 9.17) is 10.2 Å². The molecule has 0 bridgehead atoms. The first-order valence-corrected chi connectivity index (χ1v) is 10.3. The molecule has 0 unspecified atom stereocenters. The Morgan fingerprint density at radius 1 is 1.00 bits per heavy atom. The smallest absolute Gasteiger partial charge is 0.249 e. The zero-order valence-electron chi connectivity index (χ0n) is 17.6. The van der Waals surface area contributed by atoms with Gasteiger partial charge in [-0.1, -0.05) is 18.2 Å². The van der Waals surface area contributed by atoms with E-state index in [2.05, 4.69) is 15.5 Å². The van der Waals surface area contributed by atoms with E-state index < -0.39 is 5.91 Å². The molecule has 1 amide bonds. The SMILES string of the molecule is Cc1ccc(Cc2c(Nc3ccc(CCc4ccc(F)cc4)nn3)cccc2C(N)=O)o1. The fourth-order valence-electron chi connectivity index (χ4n) is 3.50. The molecule has 0 aliphatic carbocycles. The van der Waals surface area contributed by atoms with Crippen LogP contribution < -0.4 is 11.1 Å². The molecule has 162 valence electrons. The molecule has 0 radical (unpaired) electrons. The topological polar surface area (TPSA) is 94.0 Å². The molecule has 0 aliphatic rings. The molecule has 32 heavy (non-hydrogen) atoms. The van der Waals surface area contributed by atoms with Gasteiger partial charge in [-0.05, 0) is 79.4 Å². The summed E-state index contributed by atoms with van der Waals surface area (Å²) < 4.78 is 18.7. The number of aryl methyl sites for hydroxylation is 3. The predicted molar refractivity (Wildman–Crippen MR) is 120 cm³/mol. The van der Waals surface area contributed by atoms with Crippen LogP contribution in [0.15, 0.2) is 71.1 Å². The summed E-state index contributed by atoms with van der Waals surface area (Å²) in [6.45, 7) is 1.87. The van der Waals surface area contributed by atoms with Crippen LogP contribution in [0.1, 0.15) is 38.7 Å². The van der Waals surface area contributed by atoms with Gasteiger partial charge in [0.15, 0.2) is 5.82 Å². The second kappa shape index (κ2) is 9.43. The maximum Gasteiger partial charge on any atom is 0.249 e. The van der Waals surface area contributed by atoms with E-state index >= 15 is 0 Å². The van der Waals surface area contributed by atoms with E-state index in [1.165, 1.54) is 12.1 Å². The highest BCUT2D eigenvalue weighted by molar-refractivity contribution is 5.96. The van der Waals surface area contributed by atoms with Crippen LogP contribution in [-0.2, 0) is 19.3 Å². The molecule has 4 rings (SSSR count). The average Bonchev–Trinajstić information content (AvgIpc) is 3.20. The van der Waals surface area contributed by atoms with Crippen molar-refractivity contribution in [2.45, 2.75) is 26.2 Å². The third-order valence-electron chi connectivity index (χ3n) is 5.15. The monoisotopic (exact) mass is 430 g/mol. The molecule has 2 aromatic heterocycles. The van der Waals surface area contributed by atoms with Crippen molar-refractivity contribution in [1.82, 2.24) is 10.2 Å². The zero-order chi connectivity index (χ0) is 22.5. The number of primary amides is 1. The van der Waals surface area contributed by atoms with Crippen LogP contribution in [-0.4, -0.2) is 16.1 Å². The lowest BCUT2D eigenvalue weighted by molar-refractivity contribution is 0.0999. The molecule has 3 N–H and O–H groups in total. The molecule has 0 aliphatic heterocycles. The number of carbonyl (C=O) groups excluding carboxylic acids is 1. The van der Waals surface area contributed by atoms with Gasteiger partial charge < -0.3 is 15.5 Å². The number of nitrogens with one attached hydrogen (secondary N) is 1. The van der Waals surface area contributed by atoms with Crippen molar-refractivity contribution in [2.24, 2.45) is 5.73 Å². The van der Waals surface area contributed by atoms with Crippen LogP contribution in [0.2, 0.25) is 0 Å². The number of halogens is 1. The van der Waals surface area contributed by atoms with Gasteiger partial charge in [-0.25, -0.2) is 4.39 Å². The number of furan rings is 1. The lowest BCUT2D eigenvalue weighted by Gasteiger charge is -2.14. The molecule has 7 heteroatoms. The summed E-state index contributed by atoms with van der Waals surface area (Å²) >= 11 is 0. The highest BCUT2D eigenvalue weighted by Gasteiger charge is 2.15. The molecular weight excluding hydrogens is 407 g/mol. The fraction of sp³-hybridized carbons (Fsp3) is 0.160. The van der Waals surface area contributed by atoms with Crippen molar-refractivity contribution in [3.05, 3.63) is 106 Å². The number of anilines is 2. The summed E-state index contributed by atoms with van der Waals surface area (Å²) in [5.41, 5.74) is 9.34. The molecule has 6 nitrogen and oxygen atoms in total. The molecule has 0 saturated carbocycles. The number of benzene rings is 2. The molecule has 0 atom stereocenters. The zero-order valence-corrected chi connectivity index (χ0v) is 17.6. The number of aromatic nitrogens is 2. The molecule has 0 spiro atoms. The minimum Gasteiger partial charge on any atom is -0.466 e. The second-order valence-corrected chi connectivity index (χ2v) is 7.55. The minimum atomic E-state index is -0.505. The Bertz CT molecular complexity index is 1220. The summed E-state index contributed by atoms with van der Waals surface area (Å²) in [5, 5.41) is 11.8. The molecule has 0 saturated heterocycles. The summed E-state index contributed by atoms with van der Waals surface area (Å²) in [5.74, 6) is 1.34. The first-order chi connectivity index (χ1) is 15.5. The van der Waals surface area contributed by atoms with Gasteiger partial charge >= 0.3 is 0 Å². The van der Waals surface area contributed by atoms with Crippen molar-refractivity contribution in [1.29, 1.82) is 0 Å². The van der Waals surface area contributed by atoms with Crippen LogP contribution in [0.3, 0.4) is 0 Å². The minimum absolute atomic E-state index is 0.245. The summed E-state index contributed by atoms with van der Waals surface area (Å²) in [6.07, 6.45) is 1.85. The first-order valence-electron chi connectivity index (χ1n) is 10.3. The van der Waals surface area contributed by atoms with Crippen LogP contribution in [0.5, 0.6) is 0 Å². The number of hydrogen-bond acceptors (Lipinski definition) is 5. The fourth-order valence-corrected chi connectivity index (χ4v) is 3.50. The number of carbonyl (C=O) groups is 1. The Balaban J connectivity index is 1.50. The Hall–Kier alpha value is -4.00. The maximum atomic E-state index is 13.0. The highest BCUT2D eigenvalue weighted by atomic mass is 19.1. The predicted octanol–water partition coefficient (Wildman–Crippen LogP) is 4.74. The largest absolute Gasteiger partial charge is 0.466 e. The lowest BCUT2D eigenvalue weighted by atomic mass is 10.0. The summed E-state index contributed by atoms with van der Waals surface area (Å²) in [4.78, 5) is 12.0. The molecule has 4 aromatic rings. The van der Waals surface area contributed by atoms with Crippen LogP contribution in [0.4, 0.5) is 15.9 Å². The van der Waals surface area contributed by atoms with Crippen molar-refractivity contribution in [2.75, 3.05) is 5.32 Å². The van der Waals surface area contributed by atoms with Gasteiger partial charge in [0.05, 0.1) is 5.69 Å². The van der Waals surface area contributed by atoms with Gasteiger partial charge in [0.2, 0.25) is 5.91 Å². The van der Waals surface area contributed by atoms with E-state index in [1.54, 1.807) is 24.3 Å². The molecule has 2 heterocycles. The molecule has 2 aromatic carbocycles. The second-order valence-electron chi connectivity index (χ2n) is 7.55. The van der Waals surface area contributed by atoms with Crippen molar-refractivity contribution in [3.63, 3.8) is 0 Å². The number of nitrogens with zero attached hydrogens (tertiary/aromatic N) is 2. The number of rotatable bonds is 8. The number of amides is 1. The molecular formula is C25H23FN4O2. The van der Waals surface area contributed by atoms with E-state index in [-0.39, 0.29) is 5.82 Å². The van der Waals surface area contributed by atoms with Crippen LogP contribution in [0.25, 0.3) is 0 Å². The molecule has 0 fully saturated rings. The van der Waals surface area contributed by atoms with E-state index in [1.807, 2.05) is 37.3 Å². The highest BCUT2D eigenvalue weighted by Crippen LogP contribution is 2.26. The van der Waals surface area contributed by atoms with E-state index in [0.29, 0.717) is 29.9 Å². The third kappa shape index (κ3) is 5.18. The summed E-state index contributed by atoms with van der Waals surface area (Å²) in [7, 11) is 0. The van der Waals surface area contributed by atoms with Crippen molar-refractivity contribution in [3.8, 4) is 0 Å². The Morgan fingerprint density at radius 2 is 1.81 bits per heavy atom. The van der Waals surface area contributed by atoms with E-state index in [0.717, 1.165) is 34.8 Å².